The van der Waals surface area contributed by atoms with Gasteiger partial charge in [-0.1, -0.05) is 104 Å². The fourth-order valence-corrected chi connectivity index (χ4v) is 4.24. The van der Waals surface area contributed by atoms with Gasteiger partial charge in [0.25, 0.3) is 0 Å². The third kappa shape index (κ3) is 11.7. The van der Waals surface area contributed by atoms with Crippen molar-refractivity contribution in [3.05, 3.63) is 12.4 Å². The lowest BCUT2D eigenvalue weighted by molar-refractivity contribution is 0.136. The Bertz CT molecular complexity index is 339. The van der Waals surface area contributed by atoms with E-state index in [9.17, 15) is 0 Å². The molecule has 1 heterocycles. The fraction of sp³-hybridized carbons (Fsp3) is 0.920. The highest BCUT2D eigenvalue weighted by Gasteiger charge is 2.24. The average molecular weight is 379 g/mol. The summed E-state index contributed by atoms with van der Waals surface area (Å²) in [5, 5.41) is 0. The Hall–Kier alpha value is -0.660. The molecule has 1 aliphatic rings. The highest BCUT2D eigenvalue weighted by atomic mass is 15.4. The van der Waals surface area contributed by atoms with E-state index in [-0.39, 0.29) is 0 Å². The maximum absolute atomic E-state index is 2.65. The molecule has 0 N–H and O–H groups in total. The van der Waals surface area contributed by atoms with E-state index in [0.29, 0.717) is 6.17 Å². The number of hydrogen-bond acceptors (Lipinski definition) is 2. The molecule has 2 heteroatoms. The summed E-state index contributed by atoms with van der Waals surface area (Å²) in [5.41, 5.74) is 0. The summed E-state index contributed by atoms with van der Waals surface area (Å²) in [4.78, 5) is 5.27. The largest absolute Gasteiger partial charge is 0.356 e. The van der Waals surface area contributed by atoms with E-state index >= 15 is 0 Å². The summed E-state index contributed by atoms with van der Waals surface area (Å²) >= 11 is 0. The van der Waals surface area contributed by atoms with Crippen LogP contribution in [0.2, 0.25) is 0 Å². The molecule has 1 unspecified atom stereocenters. The molecule has 0 saturated heterocycles. The normalized spacial score (nSPS) is 16.6. The zero-order valence-corrected chi connectivity index (χ0v) is 19.1. The molecule has 0 fully saturated rings. The number of unbranched alkanes of at least 4 members (excludes halogenated alkanes) is 13. The summed E-state index contributed by atoms with van der Waals surface area (Å²) in [7, 11) is 0. The van der Waals surface area contributed by atoms with E-state index in [4.69, 9.17) is 0 Å². The number of rotatable bonds is 19. The van der Waals surface area contributed by atoms with Crippen LogP contribution in [-0.2, 0) is 0 Å². The molecule has 0 aromatic rings. The summed E-state index contributed by atoms with van der Waals surface area (Å²) in [6.45, 7) is 9.42. The SMILES string of the molecule is CCCCCCCCCCCCN1C=CN(CCCCC)C1CCCCC. The number of hydrogen-bond donors (Lipinski definition) is 0. The van der Waals surface area contributed by atoms with Crippen molar-refractivity contribution in [2.45, 2.75) is 136 Å². The molecule has 1 atom stereocenters. The van der Waals surface area contributed by atoms with Crippen molar-refractivity contribution < 1.29 is 0 Å². The molecule has 0 saturated carbocycles. The molecule has 0 aromatic heterocycles. The molecule has 0 aromatic carbocycles. The van der Waals surface area contributed by atoms with Crippen LogP contribution < -0.4 is 0 Å². The molecule has 0 radical (unpaired) electrons. The lowest BCUT2D eigenvalue weighted by atomic mass is 10.1. The first kappa shape index (κ1) is 24.4. The van der Waals surface area contributed by atoms with Gasteiger partial charge < -0.3 is 9.80 Å². The molecule has 0 bridgehead atoms. The van der Waals surface area contributed by atoms with Crippen molar-refractivity contribution in [3.8, 4) is 0 Å². The van der Waals surface area contributed by atoms with Crippen LogP contribution in [0.1, 0.15) is 130 Å². The maximum Gasteiger partial charge on any atom is 0.101 e. The molecule has 27 heavy (non-hydrogen) atoms. The van der Waals surface area contributed by atoms with Gasteiger partial charge in [-0.15, -0.1) is 0 Å². The second-order valence-electron chi connectivity index (χ2n) is 8.64. The van der Waals surface area contributed by atoms with Gasteiger partial charge in [0, 0.05) is 25.5 Å². The Morgan fingerprint density at radius 2 is 0.852 bits per heavy atom. The highest BCUT2D eigenvalue weighted by Crippen LogP contribution is 2.23. The first-order valence-electron chi connectivity index (χ1n) is 12.5. The van der Waals surface area contributed by atoms with E-state index in [2.05, 4.69) is 43.0 Å². The standard InChI is InChI=1S/C25H50N2/c1-4-7-10-11-12-13-14-15-16-19-22-27-24-23-26(21-18-9-6-3)25(27)20-17-8-5-2/h23-25H,4-22H2,1-3H3. The average Bonchev–Trinajstić information content (AvgIpc) is 3.05. The molecule has 0 aliphatic carbocycles. The molecular formula is C25H50N2. The van der Waals surface area contributed by atoms with Crippen molar-refractivity contribution in [3.63, 3.8) is 0 Å². The molecule has 2 nitrogen and oxygen atoms in total. The first-order chi connectivity index (χ1) is 13.3. The zero-order chi connectivity index (χ0) is 19.6. The van der Waals surface area contributed by atoms with Gasteiger partial charge in [-0.25, -0.2) is 0 Å². The van der Waals surface area contributed by atoms with Crippen molar-refractivity contribution in [2.24, 2.45) is 0 Å². The van der Waals surface area contributed by atoms with E-state index in [1.165, 1.54) is 122 Å². The van der Waals surface area contributed by atoms with Crippen LogP contribution in [0.15, 0.2) is 12.4 Å². The minimum Gasteiger partial charge on any atom is -0.356 e. The van der Waals surface area contributed by atoms with Crippen LogP contribution in [-0.4, -0.2) is 29.1 Å². The summed E-state index contributed by atoms with van der Waals surface area (Å²) in [5.74, 6) is 0. The zero-order valence-electron chi connectivity index (χ0n) is 19.1. The molecule has 1 rings (SSSR count). The summed E-state index contributed by atoms with van der Waals surface area (Å²) in [6.07, 6.45) is 29.1. The Morgan fingerprint density at radius 1 is 0.481 bits per heavy atom. The van der Waals surface area contributed by atoms with Gasteiger partial charge in [-0.05, 0) is 25.7 Å². The topological polar surface area (TPSA) is 6.48 Å². The maximum atomic E-state index is 2.65. The van der Waals surface area contributed by atoms with E-state index in [0.717, 1.165) is 0 Å². The Morgan fingerprint density at radius 3 is 1.37 bits per heavy atom. The van der Waals surface area contributed by atoms with E-state index in [1.807, 2.05) is 0 Å². The summed E-state index contributed by atoms with van der Waals surface area (Å²) < 4.78 is 0. The van der Waals surface area contributed by atoms with Crippen LogP contribution in [0.4, 0.5) is 0 Å². The lowest BCUT2D eigenvalue weighted by Crippen LogP contribution is -2.39. The van der Waals surface area contributed by atoms with Crippen LogP contribution in [0.5, 0.6) is 0 Å². The predicted molar refractivity (Wildman–Crippen MR) is 122 cm³/mol. The van der Waals surface area contributed by atoms with Crippen LogP contribution in [0.25, 0.3) is 0 Å². The van der Waals surface area contributed by atoms with Gasteiger partial charge in [0.05, 0.1) is 0 Å². The van der Waals surface area contributed by atoms with Crippen LogP contribution in [0, 0.1) is 0 Å². The third-order valence-electron chi connectivity index (χ3n) is 6.07. The minimum absolute atomic E-state index is 0.645. The predicted octanol–water partition coefficient (Wildman–Crippen LogP) is 8.09. The van der Waals surface area contributed by atoms with Gasteiger partial charge >= 0.3 is 0 Å². The Kier molecular flexibility index (Phi) is 15.7. The molecular weight excluding hydrogens is 328 g/mol. The van der Waals surface area contributed by atoms with Crippen molar-refractivity contribution >= 4 is 0 Å². The second-order valence-corrected chi connectivity index (χ2v) is 8.64. The fourth-order valence-electron chi connectivity index (χ4n) is 4.24. The minimum atomic E-state index is 0.645. The quantitative estimate of drug-likeness (QED) is 0.209. The first-order valence-corrected chi connectivity index (χ1v) is 12.5. The highest BCUT2D eigenvalue weighted by molar-refractivity contribution is 4.96. The Labute approximate surface area is 171 Å². The third-order valence-corrected chi connectivity index (χ3v) is 6.07. The van der Waals surface area contributed by atoms with Gasteiger partial charge in [0.1, 0.15) is 6.17 Å². The molecule has 0 amide bonds. The van der Waals surface area contributed by atoms with Crippen LogP contribution in [0.3, 0.4) is 0 Å². The van der Waals surface area contributed by atoms with Gasteiger partial charge in [-0.3, -0.25) is 0 Å². The van der Waals surface area contributed by atoms with E-state index in [1.54, 1.807) is 0 Å². The van der Waals surface area contributed by atoms with Crippen molar-refractivity contribution in [1.82, 2.24) is 9.80 Å². The lowest BCUT2D eigenvalue weighted by Gasteiger charge is -2.33. The van der Waals surface area contributed by atoms with Gasteiger partial charge in [-0.2, -0.15) is 0 Å². The molecule has 1 aliphatic heterocycles. The van der Waals surface area contributed by atoms with Gasteiger partial charge in [0.2, 0.25) is 0 Å². The molecule has 160 valence electrons. The van der Waals surface area contributed by atoms with E-state index < -0.39 is 0 Å². The summed E-state index contributed by atoms with van der Waals surface area (Å²) in [6, 6.07) is 0. The molecule has 0 spiro atoms. The van der Waals surface area contributed by atoms with Crippen molar-refractivity contribution in [1.29, 1.82) is 0 Å². The number of nitrogens with zero attached hydrogens (tertiary/aromatic N) is 2. The Balaban J connectivity index is 2.16. The smallest absolute Gasteiger partial charge is 0.101 e. The second kappa shape index (κ2) is 17.4. The monoisotopic (exact) mass is 378 g/mol. The van der Waals surface area contributed by atoms with Crippen LogP contribution >= 0.6 is 0 Å². The van der Waals surface area contributed by atoms with Gasteiger partial charge in [0.15, 0.2) is 0 Å². The van der Waals surface area contributed by atoms with Crippen molar-refractivity contribution in [2.75, 3.05) is 13.1 Å².